The van der Waals surface area contributed by atoms with Crippen molar-refractivity contribution in [1.29, 1.82) is 0 Å². The van der Waals surface area contributed by atoms with Gasteiger partial charge in [0.05, 0.1) is 0 Å². The monoisotopic (exact) mass is 197 g/mol. The molecule has 0 aromatic heterocycles. The van der Waals surface area contributed by atoms with Gasteiger partial charge in [-0.15, -0.1) is 0 Å². The van der Waals surface area contributed by atoms with Crippen molar-refractivity contribution >= 4 is 0 Å². The second-order valence-corrected chi connectivity index (χ2v) is 5.90. The van der Waals surface area contributed by atoms with Gasteiger partial charge in [-0.3, -0.25) is 0 Å². The van der Waals surface area contributed by atoms with Gasteiger partial charge in [0, 0.05) is 6.04 Å². The van der Waals surface area contributed by atoms with Crippen LogP contribution in [0.25, 0.3) is 0 Å². The summed E-state index contributed by atoms with van der Waals surface area (Å²) in [5, 5.41) is 0. The fourth-order valence-electron chi connectivity index (χ4n) is 2.94. The Labute approximate surface area is 89.5 Å². The Kier molecular flexibility index (Phi) is 4.00. The topological polar surface area (TPSA) is 26.0 Å². The minimum Gasteiger partial charge on any atom is -0.327 e. The van der Waals surface area contributed by atoms with Gasteiger partial charge in [-0.05, 0) is 36.5 Å². The molecule has 0 saturated heterocycles. The third-order valence-corrected chi connectivity index (χ3v) is 4.23. The Balaban J connectivity index is 2.47. The number of nitrogens with two attached hydrogens (primary N) is 1. The van der Waals surface area contributed by atoms with Gasteiger partial charge in [-0.25, -0.2) is 0 Å². The predicted molar refractivity (Wildman–Crippen MR) is 63.2 cm³/mol. The molecule has 84 valence electrons. The number of hydrogen-bond donors (Lipinski definition) is 1. The molecular formula is C13H27N. The molecule has 1 aliphatic rings. The molecule has 0 aromatic rings. The Bertz CT molecular complexity index is 174. The molecule has 0 heterocycles. The molecule has 1 nitrogen and oxygen atoms in total. The fraction of sp³-hybridized carbons (Fsp3) is 1.00. The smallest absolute Gasteiger partial charge is 0.00747 e. The van der Waals surface area contributed by atoms with Crippen molar-refractivity contribution < 1.29 is 0 Å². The first kappa shape index (κ1) is 12.0. The fourth-order valence-corrected chi connectivity index (χ4v) is 2.94. The molecule has 14 heavy (non-hydrogen) atoms. The van der Waals surface area contributed by atoms with E-state index in [9.17, 15) is 0 Å². The van der Waals surface area contributed by atoms with E-state index < -0.39 is 0 Å². The van der Waals surface area contributed by atoms with Crippen molar-refractivity contribution in [1.82, 2.24) is 0 Å². The lowest BCUT2D eigenvalue weighted by Crippen LogP contribution is -2.37. The summed E-state index contributed by atoms with van der Waals surface area (Å²) in [4.78, 5) is 0. The van der Waals surface area contributed by atoms with Crippen LogP contribution in [0.4, 0.5) is 0 Å². The van der Waals surface area contributed by atoms with Crippen LogP contribution in [0, 0.1) is 17.3 Å². The van der Waals surface area contributed by atoms with E-state index >= 15 is 0 Å². The van der Waals surface area contributed by atoms with E-state index in [1.54, 1.807) is 0 Å². The molecule has 1 rings (SSSR count). The average Bonchev–Trinajstić information content (AvgIpc) is 2.45. The van der Waals surface area contributed by atoms with Gasteiger partial charge in [-0.2, -0.15) is 0 Å². The molecule has 0 aromatic carbocycles. The van der Waals surface area contributed by atoms with Crippen molar-refractivity contribution in [2.75, 3.05) is 0 Å². The molecular weight excluding hydrogens is 170 g/mol. The van der Waals surface area contributed by atoms with Crippen molar-refractivity contribution in [2.24, 2.45) is 23.0 Å². The van der Waals surface area contributed by atoms with E-state index in [1.165, 1.54) is 32.1 Å². The van der Waals surface area contributed by atoms with Crippen LogP contribution < -0.4 is 5.73 Å². The number of hydrogen-bond acceptors (Lipinski definition) is 1. The van der Waals surface area contributed by atoms with Crippen LogP contribution >= 0.6 is 0 Å². The Morgan fingerprint density at radius 1 is 1.43 bits per heavy atom. The minimum absolute atomic E-state index is 0.433. The Morgan fingerprint density at radius 3 is 2.50 bits per heavy atom. The van der Waals surface area contributed by atoms with Gasteiger partial charge in [-0.1, -0.05) is 40.5 Å². The normalized spacial score (nSPS) is 30.2. The molecule has 0 spiro atoms. The first-order valence-corrected chi connectivity index (χ1v) is 6.23. The molecule has 3 atom stereocenters. The number of rotatable bonds is 4. The van der Waals surface area contributed by atoms with Gasteiger partial charge in [0.25, 0.3) is 0 Å². The SMILES string of the molecule is CCC(C)CC(N)C1CCCC1(C)C. The van der Waals surface area contributed by atoms with Gasteiger partial charge in [0.2, 0.25) is 0 Å². The van der Waals surface area contributed by atoms with Crippen LogP contribution in [0.2, 0.25) is 0 Å². The standard InChI is InChI=1S/C13H27N/c1-5-10(2)9-12(14)11-7-6-8-13(11,3)4/h10-12H,5-9,14H2,1-4H3. The minimum atomic E-state index is 0.433. The zero-order chi connectivity index (χ0) is 10.8. The maximum absolute atomic E-state index is 6.33. The quantitative estimate of drug-likeness (QED) is 0.732. The average molecular weight is 197 g/mol. The third-order valence-electron chi connectivity index (χ3n) is 4.23. The summed E-state index contributed by atoms with van der Waals surface area (Å²) >= 11 is 0. The van der Waals surface area contributed by atoms with Crippen LogP contribution in [0.1, 0.15) is 59.8 Å². The molecule has 1 heteroatoms. The van der Waals surface area contributed by atoms with E-state index in [1.807, 2.05) is 0 Å². The maximum atomic E-state index is 6.33. The highest BCUT2D eigenvalue weighted by atomic mass is 14.7. The second kappa shape index (κ2) is 4.65. The maximum Gasteiger partial charge on any atom is 0.00747 e. The third kappa shape index (κ3) is 2.73. The van der Waals surface area contributed by atoms with Gasteiger partial charge < -0.3 is 5.73 Å². The van der Waals surface area contributed by atoms with E-state index in [2.05, 4.69) is 27.7 Å². The summed E-state index contributed by atoms with van der Waals surface area (Å²) in [6.07, 6.45) is 6.58. The molecule has 1 saturated carbocycles. The highest BCUT2D eigenvalue weighted by molar-refractivity contribution is 4.91. The summed E-state index contributed by atoms with van der Waals surface area (Å²) < 4.78 is 0. The molecule has 0 radical (unpaired) electrons. The molecule has 1 fully saturated rings. The second-order valence-electron chi connectivity index (χ2n) is 5.90. The Hall–Kier alpha value is -0.0400. The van der Waals surface area contributed by atoms with Gasteiger partial charge in [0.15, 0.2) is 0 Å². The molecule has 3 unspecified atom stereocenters. The van der Waals surface area contributed by atoms with E-state index in [0.29, 0.717) is 11.5 Å². The van der Waals surface area contributed by atoms with Crippen LogP contribution in [-0.4, -0.2) is 6.04 Å². The largest absolute Gasteiger partial charge is 0.327 e. The molecule has 0 amide bonds. The zero-order valence-electron chi connectivity index (χ0n) is 10.3. The molecule has 1 aliphatic carbocycles. The van der Waals surface area contributed by atoms with Crippen LogP contribution in [-0.2, 0) is 0 Å². The van der Waals surface area contributed by atoms with Gasteiger partial charge in [0.1, 0.15) is 0 Å². The highest BCUT2D eigenvalue weighted by Gasteiger charge is 2.38. The van der Waals surface area contributed by atoms with E-state index in [-0.39, 0.29) is 0 Å². The van der Waals surface area contributed by atoms with E-state index in [0.717, 1.165) is 11.8 Å². The van der Waals surface area contributed by atoms with Crippen LogP contribution in [0.5, 0.6) is 0 Å². The lowest BCUT2D eigenvalue weighted by atomic mass is 9.75. The van der Waals surface area contributed by atoms with E-state index in [4.69, 9.17) is 5.73 Å². The lowest BCUT2D eigenvalue weighted by molar-refractivity contribution is 0.202. The van der Waals surface area contributed by atoms with Crippen LogP contribution in [0.3, 0.4) is 0 Å². The van der Waals surface area contributed by atoms with Crippen molar-refractivity contribution in [2.45, 2.75) is 65.8 Å². The van der Waals surface area contributed by atoms with Gasteiger partial charge >= 0.3 is 0 Å². The molecule has 2 N–H and O–H groups in total. The van der Waals surface area contributed by atoms with Crippen LogP contribution in [0.15, 0.2) is 0 Å². The Morgan fingerprint density at radius 2 is 2.07 bits per heavy atom. The summed E-state index contributed by atoms with van der Waals surface area (Å²) in [5.41, 5.74) is 6.82. The highest BCUT2D eigenvalue weighted by Crippen LogP contribution is 2.44. The van der Waals surface area contributed by atoms with Crippen molar-refractivity contribution in [3.05, 3.63) is 0 Å². The zero-order valence-corrected chi connectivity index (χ0v) is 10.3. The first-order chi connectivity index (χ1) is 6.47. The molecule has 0 aliphatic heterocycles. The summed E-state index contributed by atoms with van der Waals surface area (Å²) in [5.74, 6) is 1.55. The predicted octanol–water partition coefficient (Wildman–Crippen LogP) is 3.58. The summed E-state index contributed by atoms with van der Waals surface area (Å²) in [6, 6.07) is 0.433. The summed E-state index contributed by atoms with van der Waals surface area (Å²) in [6.45, 7) is 9.36. The summed E-state index contributed by atoms with van der Waals surface area (Å²) in [7, 11) is 0. The van der Waals surface area contributed by atoms with Crippen molar-refractivity contribution in [3.63, 3.8) is 0 Å². The van der Waals surface area contributed by atoms with Crippen molar-refractivity contribution in [3.8, 4) is 0 Å². The molecule has 0 bridgehead atoms. The lowest BCUT2D eigenvalue weighted by Gasteiger charge is -2.33. The first-order valence-electron chi connectivity index (χ1n) is 6.23.